The summed E-state index contributed by atoms with van der Waals surface area (Å²) in [4.78, 5) is 4.00. The van der Waals surface area contributed by atoms with Gasteiger partial charge >= 0.3 is 0 Å². The second kappa shape index (κ2) is 3.85. The molecule has 3 heteroatoms. The molecule has 0 aromatic carbocycles. The molecule has 0 aliphatic carbocycles. The van der Waals surface area contributed by atoms with Crippen LogP contribution in [0.2, 0.25) is 0 Å². The van der Waals surface area contributed by atoms with E-state index in [1.54, 1.807) is 0 Å². The number of pyridine rings is 1. The molecule has 1 aromatic heterocycles. The van der Waals surface area contributed by atoms with E-state index in [0.29, 0.717) is 12.1 Å². The summed E-state index contributed by atoms with van der Waals surface area (Å²) in [6.45, 7) is 4.37. The van der Waals surface area contributed by atoms with Crippen LogP contribution < -0.4 is 10.6 Å². The molecule has 0 spiro atoms. The standard InChI is InChI=1S/C10H15N3/c1-8(13-10-6-12-7-10)9-2-4-11-5-3-9/h2-5,8,10,12-13H,6-7H2,1H3. The Balaban J connectivity index is 1.92. The number of nitrogens with one attached hydrogen (secondary N) is 2. The number of nitrogens with zero attached hydrogens (tertiary/aromatic N) is 1. The zero-order chi connectivity index (χ0) is 9.10. The van der Waals surface area contributed by atoms with Gasteiger partial charge in [-0.3, -0.25) is 4.98 Å². The summed E-state index contributed by atoms with van der Waals surface area (Å²) >= 11 is 0. The van der Waals surface area contributed by atoms with Crippen LogP contribution in [0.15, 0.2) is 24.5 Å². The van der Waals surface area contributed by atoms with Gasteiger partial charge in [0.25, 0.3) is 0 Å². The summed E-state index contributed by atoms with van der Waals surface area (Å²) < 4.78 is 0. The van der Waals surface area contributed by atoms with Crippen molar-refractivity contribution in [2.24, 2.45) is 0 Å². The molecular formula is C10H15N3. The quantitative estimate of drug-likeness (QED) is 0.713. The van der Waals surface area contributed by atoms with E-state index in [2.05, 4.69) is 34.7 Å². The van der Waals surface area contributed by atoms with Crippen LogP contribution in [0.4, 0.5) is 0 Å². The average Bonchev–Trinajstić information content (AvgIpc) is 2.12. The molecule has 1 aliphatic heterocycles. The van der Waals surface area contributed by atoms with Crippen LogP contribution in [0.5, 0.6) is 0 Å². The Morgan fingerprint density at radius 1 is 1.46 bits per heavy atom. The maximum atomic E-state index is 4.00. The third-order valence-electron chi connectivity index (χ3n) is 2.47. The van der Waals surface area contributed by atoms with Gasteiger partial charge in [-0.25, -0.2) is 0 Å². The molecule has 1 atom stereocenters. The Morgan fingerprint density at radius 3 is 2.69 bits per heavy atom. The number of hydrogen-bond acceptors (Lipinski definition) is 3. The van der Waals surface area contributed by atoms with Gasteiger partial charge in [0, 0.05) is 37.6 Å². The first-order chi connectivity index (χ1) is 6.36. The summed E-state index contributed by atoms with van der Waals surface area (Å²) in [5.41, 5.74) is 1.31. The van der Waals surface area contributed by atoms with Crippen molar-refractivity contribution in [3.63, 3.8) is 0 Å². The lowest BCUT2D eigenvalue weighted by Gasteiger charge is -2.31. The lowest BCUT2D eigenvalue weighted by Crippen LogP contribution is -2.55. The van der Waals surface area contributed by atoms with Gasteiger partial charge in [-0.05, 0) is 24.6 Å². The van der Waals surface area contributed by atoms with Crippen molar-refractivity contribution >= 4 is 0 Å². The zero-order valence-corrected chi connectivity index (χ0v) is 7.83. The topological polar surface area (TPSA) is 37.0 Å². The lowest BCUT2D eigenvalue weighted by molar-refractivity contribution is 0.338. The highest BCUT2D eigenvalue weighted by molar-refractivity contribution is 5.14. The van der Waals surface area contributed by atoms with Crippen LogP contribution in [0, 0.1) is 0 Å². The number of aromatic nitrogens is 1. The van der Waals surface area contributed by atoms with E-state index in [4.69, 9.17) is 0 Å². The zero-order valence-electron chi connectivity index (χ0n) is 7.83. The molecule has 1 saturated heterocycles. The van der Waals surface area contributed by atoms with Gasteiger partial charge in [-0.1, -0.05) is 0 Å². The van der Waals surface area contributed by atoms with Gasteiger partial charge in [0.15, 0.2) is 0 Å². The number of hydrogen-bond donors (Lipinski definition) is 2. The van der Waals surface area contributed by atoms with Crippen molar-refractivity contribution in [3.8, 4) is 0 Å². The fourth-order valence-electron chi connectivity index (χ4n) is 1.51. The van der Waals surface area contributed by atoms with E-state index < -0.39 is 0 Å². The Hall–Kier alpha value is -0.930. The lowest BCUT2D eigenvalue weighted by atomic mass is 10.1. The van der Waals surface area contributed by atoms with Crippen LogP contribution in [0.1, 0.15) is 18.5 Å². The molecule has 1 fully saturated rings. The van der Waals surface area contributed by atoms with Crippen molar-refractivity contribution in [1.29, 1.82) is 0 Å². The molecule has 13 heavy (non-hydrogen) atoms. The van der Waals surface area contributed by atoms with E-state index >= 15 is 0 Å². The van der Waals surface area contributed by atoms with E-state index in [-0.39, 0.29) is 0 Å². The fourth-order valence-corrected chi connectivity index (χ4v) is 1.51. The van der Waals surface area contributed by atoms with Gasteiger partial charge < -0.3 is 10.6 Å². The Labute approximate surface area is 78.6 Å². The third kappa shape index (κ3) is 2.05. The molecule has 1 unspecified atom stereocenters. The fraction of sp³-hybridized carbons (Fsp3) is 0.500. The van der Waals surface area contributed by atoms with Gasteiger partial charge in [0.2, 0.25) is 0 Å². The average molecular weight is 177 g/mol. The Kier molecular flexibility index (Phi) is 2.57. The van der Waals surface area contributed by atoms with Gasteiger partial charge in [0.05, 0.1) is 0 Å². The SMILES string of the molecule is CC(NC1CNC1)c1ccncc1. The highest BCUT2D eigenvalue weighted by atomic mass is 15.1. The van der Waals surface area contributed by atoms with Crippen molar-refractivity contribution in [3.05, 3.63) is 30.1 Å². The smallest absolute Gasteiger partial charge is 0.0322 e. The van der Waals surface area contributed by atoms with Crippen molar-refractivity contribution < 1.29 is 0 Å². The molecule has 70 valence electrons. The second-order valence-corrected chi connectivity index (χ2v) is 3.52. The van der Waals surface area contributed by atoms with E-state index in [1.807, 2.05) is 12.4 Å². The van der Waals surface area contributed by atoms with Gasteiger partial charge in [0.1, 0.15) is 0 Å². The minimum absolute atomic E-state index is 0.426. The van der Waals surface area contributed by atoms with Crippen LogP contribution >= 0.6 is 0 Å². The first-order valence-corrected chi connectivity index (χ1v) is 4.73. The molecule has 0 saturated carbocycles. The molecule has 1 aliphatic rings. The predicted octanol–water partition coefficient (Wildman–Crippen LogP) is 0.704. The normalized spacial score (nSPS) is 19.5. The largest absolute Gasteiger partial charge is 0.314 e. The second-order valence-electron chi connectivity index (χ2n) is 3.52. The first kappa shape index (κ1) is 8.66. The highest BCUT2D eigenvalue weighted by Crippen LogP contribution is 2.11. The molecule has 2 rings (SSSR count). The van der Waals surface area contributed by atoms with Gasteiger partial charge in [-0.15, -0.1) is 0 Å². The molecule has 0 radical (unpaired) electrons. The van der Waals surface area contributed by atoms with Crippen molar-refractivity contribution in [2.75, 3.05) is 13.1 Å². The minimum atomic E-state index is 0.426. The van der Waals surface area contributed by atoms with Crippen LogP contribution in [-0.2, 0) is 0 Å². The molecule has 2 N–H and O–H groups in total. The molecule has 0 amide bonds. The van der Waals surface area contributed by atoms with Crippen LogP contribution in [-0.4, -0.2) is 24.1 Å². The summed E-state index contributed by atoms with van der Waals surface area (Å²) in [5.74, 6) is 0. The Bertz CT molecular complexity index is 256. The number of rotatable bonds is 3. The van der Waals surface area contributed by atoms with E-state index in [9.17, 15) is 0 Å². The van der Waals surface area contributed by atoms with Crippen molar-refractivity contribution in [2.45, 2.75) is 19.0 Å². The van der Waals surface area contributed by atoms with Gasteiger partial charge in [-0.2, -0.15) is 0 Å². The van der Waals surface area contributed by atoms with Crippen LogP contribution in [0.25, 0.3) is 0 Å². The van der Waals surface area contributed by atoms with E-state index in [1.165, 1.54) is 5.56 Å². The summed E-state index contributed by atoms with van der Waals surface area (Å²) in [6.07, 6.45) is 3.68. The van der Waals surface area contributed by atoms with Crippen molar-refractivity contribution in [1.82, 2.24) is 15.6 Å². The summed E-state index contributed by atoms with van der Waals surface area (Å²) in [5, 5.41) is 6.79. The molecular weight excluding hydrogens is 162 g/mol. The third-order valence-corrected chi connectivity index (χ3v) is 2.47. The molecule has 0 bridgehead atoms. The highest BCUT2D eigenvalue weighted by Gasteiger charge is 2.18. The maximum Gasteiger partial charge on any atom is 0.0322 e. The summed E-state index contributed by atoms with van der Waals surface area (Å²) in [7, 11) is 0. The van der Waals surface area contributed by atoms with Crippen LogP contribution in [0.3, 0.4) is 0 Å². The van der Waals surface area contributed by atoms with E-state index in [0.717, 1.165) is 13.1 Å². The molecule has 1 aromatic rings. The molecule has 3 nitrogen and oxygen atoms in total. The summed E-state index contributed by atoms with van der Waals surface area (Å²) in [6, 6.07) is 5.19. The monoisotopic (exact) mass is 177 g/mol. The molecule has 2 heterocycles. The maximum absolute atomic E-state index is 4.00. The first-order valence-electron chi connectivity index (χ1n) is 4.73. The minimum Gasteiger partial charge on any atom is -0.314 e. The Morgan fingerprint density at radius 2 is 2.15 bits per heavy atom. The predicted molar refractivity (Wildman–Crippen MR) is 52.4 cm³/mol.